The quantitative estimate of drug-likeness (QED) is 0.520. The smallest absolute Gasteiger partial charge is 0.414 e. The van der Waals surface area contributed by atoms with E-state index >= 15 is 0 Å². The maximum Gasteiger partial charge on any atom is 0.414 e. The highest BCUT2D eigenvalue weighted by Gasteiger charge is 2.32. The topological polar surface area (TPSA) is 117 Å². The maximum absolute atomic E-state index is 11.9. The Kier molecular flexibility index (Phi) is 3.71. The van der Waals surface area contributed by atoms with Crippen LogP contribution in [0.2, 0.25) is 0 Å². The molecule has 1 fully saturated rings. The molecule has 0 aliphatic carbocycles. The third-order valence-corrected chi connectivity index (χ3v) is 3.40. The molecule has 1 aromatic carbocycles. The number of hydrogen-bond donors (Lipinski definition) is 1. The number of benzene rings is 1. The number of ether oxygens (including phenoxy) is 2. The van der Waals surface area contributed by atoms with Crippen molar-refractivity contribution in [3.8, 4) is 5.75 Å². The van der Waals surface area contributed by atoms with Crippen LogP contribution in [0.25, 0.3) is 10.4 Å². The SMILES string of the molecule is [N-]=[N+]=NCC[C@H]1CN(c2ccc3c(c2)NC(=O)CO3)C(=O)O1. The molecular weight excluding hydrogens is 290 g/mol. The highest BCUT2D eigenvalue weighted by Crippen LogP contribution is 2.33. The lowest BCUT2D eigenvalue weighted by Gasteiger charge is -2.20. The van der Waals surface area contributed by atoms with E-state index in [1.165, 1.54) is 4.90 Å². The highest BCUT2D eigenvalue weighted by molar-refractivity contribution is 5.97. The summed E-state index contributed by atoms with van der Waals surface area (Å²) in [6.45, 7) is 0.628. The van der Waals surface area contributed by atoms with Gasteiger partial charge in [0.05, 0.1) is 12.2 Å². The molecule has 2 heterocycles. The zero-order valence-corrected chi connectivity index (χ0v) is 11.6. The largest absolute Gasteiger partial charge is 0.482 e. The fourth-order valence-electron chi connectivity index (χ4n) is 2.37. The highest BCUT2D eigenvalue weighted by atomic mass is 16.6. The monoisotopic (exact) mass is 303 g/mol. The summed E-state index contributed by atoms with van der Waals surface area (Å²) >= 11 is 0. The van der Waals surface area contributed by atoms with E-state index in [9.17, 15) is 9.59 Å². The van der Waals surface area contributed by atoms with E-state index in [2.05, 4.69) is 15.3 Å². The van der Waals surface area contributed by atoms with Crippen LogP contribution < -0.4 is 15.0 Å². The summed E-state index contributed by atoms with van der Waals surface area (Å²) in [6.07, 6.45) is -0.314. The van der Waals surface area contributed by atoms with Crippen molar-refractivity contribution in [2.45, 2.75) is 12.5 Å². The molecule has 0 bridgehead atoms. The molecule has 1 N–H and O–H groups in total. The van der Waals surface area contributed by atoms with Crippen molar-refractivity contribution in [3.05, 3.63) is 28.6 Å². The Morgan fingerprint density at radius 1 is 1.45 bits per heavy atom. The second kappa shape index (κ2) is 5.82. The normalized spacial score (nSPS) is 19.6. The zero-order chi connectivity index (χ0) is 15.5. The lowest BCUT2D eigenvalue weighted by Crippen LogP contribution is -2.27. The molecule has 22 heavy (non-hydrogen) atoms. The first kappa shape index (κ1) is 14.0. The van der Waals surface area contributed by atoms with Crippen LogP contribution in [0, 0.1) is 0 Å². The van der Waals surface area contributed by atoms with Gasteiger partial charge in [-0.3, -0.25) is 9.69 Å². The number of cyclic esters (lactones) is 1. The van der Waals surface area contributed by atoms with E-state index in [0.717, 1.165) is 0 Å². The van der Waals surface area contributed by atoms with Gasteiger partial charge in [-0.25, -0.2) is 4.79 Å². The molecule has 9 nitrogen and oxygen atoms in total. The van der Waals surface area contributed by atoms with Gasteiger partial charge < -0.3 is 14.8 Å². The van der Waals surface area contributed by atoms with Gasteiger partial charge in [0.1, 0.15) is 11.9 Å². The lowest BCUT2D eigenvalue weighted by atomic mass is 10.2. The van der Waals surface area contributed by atoms with Gasteiger partial charge in [0, 0.05) is 17.1 Å². The van der Waals surface area contributed by atoms with Gasteiger partial charge in [-0.1, -0.05) is 5.11 Å². The summed E-state index contributed by atoms with van der Waals surface area (Å²) in [5.74, 6) is 0.330. The van der Waals surface area contributed by atoms with E-state index < -0.39 is 6.09 Å². The van der Waals surface area contributed by atoms with E-state index in [-0.39, 0.29) is 25.2 Å². The first-order valence-electron chi connectivity index (χ1n) is 6.73. The Morgan fingerprint density at radius 3 is 3.14 bits per heavy atom. The second-order valence-corrected chi connectivity index (χ2v) is 4.88. The molecule has 3 rings (SSSR count). The number of anilines is 2. The number of nitrogens with one attached hydrogen (secondary N) is 1. The molecule has 0 spiro atoms. The second-order valence-electron chi connectivity index (χ2n) is 4.88. The number of amides is 2. The zero-order valence-electron chi connectivity index (χ0n) is 11.6. The molecule has 0 radical (unpaired) electrons. The van der Waals surface area contributed by atoms with Gasteiger partial charge in [0.25, 0.3) is 5.91 Å². The average Bonchev–Trinajstić information content (AvgIpc) is 2.87. The number of azide groups is 1. The van der Waals surface area contributed by atoms with Gasteiger partial charge in [-0.2, -0.15) is 0 Å². The molecule has 1 aromatic rings. The summed E-state index contributed by atoms with van der Waals surface area (Å²) in [4.78, 5) is 27.4. The predicted octanol–water partition coefficient (Wildman–Crippen LogP) is 2.04. The van der Waals surface area contributed by atoms with Gasteiger partial charge >= 0.3 is 6.09 Å². The van der Waals surface area contributed by atoms with E-state index in [1.54, 1.807) is 18.2 Å². The Morgan fingerprint density at radius 2 is 2.32 bits per heavy atom. The first-order valence-corrected chi connectivity index (χ1v) is 6.73. The van der Waals surface area contributed by atoms with E-state index in [0.29, 0.717) is 30.1 Å². The van der Waals surface area contributed by atoms with Crippen molar-refractivity contribution in [3.63, 3.8) is 0 Å². The molecule has 1 atom stereocenters. The summed E-state index contributed by atoms with van der Waals surface area (Å²) < 4.78 is 10.5. The Labute approximate surface area is 125 Å². The molecule has 0 saturated carbocycles. The van der Waals surface area contributed by atoms with Crippen LogP contribution in [0.4, 0.5) is 16.2 Å². The number of carbonyl (C=O) groups is 2. The van der Waals surface area contributed by atoms with Gasteiger partial charge in [-0.15, -0.1) is 0 Å². The van der Waals surface area contributed by atoms with Crippen LogP contribution in [-0.4, -0.2) is 37.8 Å². The number of nitrogens with zero attached hydrogens (tertiary/aromatic N) is 4. The fraction of sp³-hybridized carbons (Fsp3) is 0.385. The van der Waals surface area contributed by atoms with Gasteiger partial charge in [-0.05, 0) is 30.2 Å². The standard InChI is InChI=1S/C13H13N5O4/c14-17-15-4-3-9-6-18(13(20)22-9)8-1-2-11-10(5-8)16-12(19)7-21-11/h1-2,5,9H,3-4,6-7H2,(H,16,19)/t9-/m0/s1. The van der Waals surface area contributed by atoms with Crippen LogP contribution in [0.5, 0.6) is 5.75 Å². The van der Waals surface area contributed by atoms with Crippen molar-refractivity contribution in [2.24, 2.45) is 5.11 Å². The number of fused-ring (bicyclic) bond motifs is 1. The predicted molar refractivity (Wildman–Crippen MR) is 76.8 cm³/mol. The maximum atomic E-state index is 11.9. The molecule has 2 aliphatic rings. The molecule has 9 heteroatoms. The van der Waals surface area contributed by atoms with Crippen LogP contribution in [-0.2, 0) is 9.53 Å². The minimum absolute atomic E-state index is 0.0143. The molecule has 2 amide bonds. The van der Waals surface area contributed by atoms with Gasteiger partial charge in [0.15, 0.2) is 6.61 Å². The number of carbonyl (C=O) groups excluding carboxylic acids is 2. The van der Waals surface area contributed by atoms with Crippen molar-refractivity contribution >= 4 is 23.4 Å². The molecule has 0 aromatic heterocycles. The molecule has 2 aliphatic heterocycles. The minimum atomic E-state index is -0.464. The molecule has 114 valence electrons. The number of rotatable bonds is 4. The molecular formula is C13H13N5O4. The first-order chi connectivity index (χ1) is 10.7. The van der Waals surface area contributed by atoms with Crippen molar-refractivity contribution in [1.82, 2.24) is 0 Å². The van der Waals surface area contributed by atoms with Gasteiger partial charge in [0.2, 0.25) is 0 Å². The van der Waals surface area contributed by atoms with E-state index in [4.69, 9.17) is 15.0 Å². The number of hydrogen-bond acceptors (Lipinski definition) is 5. The Balaban J connectivity index is 1.74. The summed E-state index contributed by atoms with van der Waals surface area (Å²) in [6, 6.07) is 5.10. The fourth-order valence-corrected chi connectivity index (χ4v) is 2.37. The van der Waals surface area contributed by atoms with Crippen LogP contribution >= 0.6 is 0 Å². The summed E-state index contributed by atoms with van der Waals surface area (Å²) in [7, 11) is 0. The van der Waals surface area contributed by atoms with Crippen LogP contribution in [0.1, 0.15) is 6.42 Å². The van der Waals surface area contributed by atoms with E-state index in [1.807, 2.05) is 0 Å². The lowest BCUT2D eigenvalue weighted by molar-refractivity contribution is -0.118. The Bertz CT molecular complexity index is 670. The molecule has 0 unspecified atom stereocenters. The third kappa shape index (κ3) is 2.75. The Hall–Kier alpha value is -2.93. The van der Waals surface area contributed by atoms with Crippen LogP contribution in [0.15, 0.2) is 23.3 Å². The third-order valence-electron chi connectivity index (χ3n) is 3.40. The molecule has 1 saturated heterocycles. The van der Waals surface area contributed by atoms with Crippen LogP contribution in [0.3, 0.4) is 0 Å². The minimum Gasteiger partial charge on any atom is -0.482 e. The summed E-state index contributed by atoms with van der Waals surface area (Å²) in [5.41, 5.74) is 9.39. The van der Waals surface area contributed by atoms with Crippen molar-refractivity contribution in [2.75, 3.05) is 29.9 Å². The van der Waals surface area contributed by atoms with Crippen molar-refractivity contribution < 1.29 is 19.1 Å². The average molecular weight is 303 g/mol. The van der Waals surface area contributed by atoms with Crippen molar-refractivity contribution in [1.29, 1.82) is 0 Å². The summed E-state index contributed by atoms with van der Waals surface area (Å²) in [5, 5.41) is 6.12.